The van der Waals surface area contributed by atoms with Gasteiger partial charge in [0, 0.05) is 5.38 Å². The third kappa shape index (κ3) is 3.64. The number of esters is 1. The topological polar surface area (TPSA) is 65.2 Å². The number of hydrogen-bond donors (Lipinski definition) is 1. The third-order valence-corrected chi connectivity index (χ3v) is 2.29. The summed E-state index contributed by atoms with van der Waals surface area (Å²) in [4.78, 5) is 15.4. The summed E-state index contributed by atoms with van der Waals surface area (Å²) in [6, 6.07) is 0. The van der Waals surface area contributed by atoms with Crippen LogP contribution in [0.25, 0.3) is 5.57 Å². The number of halogens is 1. The number of rotatable bonds is 3. The Morgan fingerprint density at radius 3 is 2.80 bits per heavy atom. The number of anilines is 1. The molecule has 0 saturated heterocycles. The minimum atomic E-state index is -0.378. The van der Waals surface area contributed by atoms with Crippen LogP contribution in [0.1, 0.15) is 19.0 Å². The SMILES string of the molecule is Br.CC/C=C(/C(=O)OC)c1csc(N)n1. The largest absolute Gasteiger partial charge is 0.465 e. The fourth-order valence-corrected chi connectivity index (χ4v) is 1.58. The number of allylic oxidation sites excluding steroid dienone is 1. The number of aromatic nitrogens is 1. The van der Waals surface area contributed by atoms with Gasteiger partial charge in [-0.25, -0.2) is 9.78 Å². The highest BCUT2D eigenvalue weighted by Crippen LogP contribution is 2.20. The van der Waals surface area contributed by atoms with E-state index in [1.54, 1.807) is 11.5 Å². The molecule has 1 aromatic heterocycles. The molecule has 0 aliphatic heterocycles. The van der Waals surface area contributed by atoms with E-state index in [1.165, 1.54) is 18.4 Å². The summed E-state index contributed by atoms with van der Waals surface area (Å²) in [6.07, 6.45) is 2.53. The van der Waals surface area contributed by atoms with Crippen LogP contribution in [0, 0.1) is 0 Å². The molecule has 1 heterocycles. The number of carbonyl (C=O) groups is 1. The maximum Gasteiger partial charge on any atom is 0.339 e. The number of thiazole rings is 1. The molecule has 6 heteroatoms. The molecule has 0 fully saturated rings. The molecule has 0 radical (unpaired) electrons. The van der Waals surface area contributed by atoms with Crippen molar-refractivity contribution in [1.82, 2.24) is 4.98 Å². The van der Waals surface area contributed by atoms with Gasteiger partial charge in [-0.15, -0.1) is 28.3 Å². The Morgan fingerprint density at radius 1 is 1.73 bits per heavy atom. The molecule has 1 aromatic rings. The Hall–Kier alpha value is -0.880. The summed E-state index contributed by atoms with van der Waals surface area (Å²) >= 11 is 1.30. The molecular weight excluding hydrogens is 280 g/mol. The van der Waals surface area contributed by atoms with Crippen molar-refractivity contribution in [2.45, 2.75) is 13.3 Å². The van der Waals surface area contributed by atoms with E-state index in [4.69, 9.17) is 5.73 Å². The zero-order chi connectivity index (χ0) is 10.6. The minimum Gasteiger partial charge on any atom is -0.465 e. The van der Waals surface area contributed by atoms with Gasteiger partial charge in [0.2, 0.25) is 0 Å². The normalized spacial score (nSPS) is 10.7. The Labute approximate surface area is 103 Å². The molecule has 0 saturated carbocycles. The van der Waals surface area contributed by atoms with Gasteiger partial charge in [0.05, 0.1) is 18.4 Å². The molecule has 15 heavy (non-hydrogen) atoms. The molecule has 84 valence electrons. The van der Waals surface area contributed by atoms with E-state index in [9.17, 15) is 4.79 Å². The first-order chi connectivity index (χ1) is 6.69. The van der Waals surface area contributed by atoms with E-state index in [1.807, 2.05) is 6.92 Å². The predicted octanol–water partition coefficient (Wildman–Crippen LogP) is 2.27. The van der Waals surface area contributed by atoms with Crippen molar-refractivity contribution >= 4 is 45.0 Å². The predicted molar refractivity (Wildman–Crippen MR) is 67.1 cm³/mol. The van der Waals surface area contributed by atoms with Crippen LogP contribution in [0.5, 0.6) is 0 Å². The molecule has 0 spiro atoms. The molecule has 0 unspecified atom stereocenters. The van der Waals surface area contributed by atoms with Crippen LogP contribution in [0.2, 0.25) is 0 Å². The van der Waals surface area contributed by atoms with E-state index in [0.29, 0.717) is 16.4 Å². The lowest BCUT2D eigenvalue weighted by Gasteiger charge is -2.00. The molecule has 4 nitrogen and oxygen atoms in total. The van der Waals surface area contributed by atoms with Crippen LogP contribution < -0.4 is 5.73 Å². The smallest absolute Gasteiger partial charge is 0.339 e. The van der Waals surface area contributed by atoms with E-state index >= 15 is 0 Å². The summed E-state index contributed by atoms with van der Waals surface area (Å²) in [5.41, 5.74) is 6.54. The molecule has 0 bridgehead atoms. The van der Waals surface area contributed by atoms with Crippen molar-refractivity contribution in [1.29, 1.82) is 0 Å². The number of methoxy groups -OCH3 is 1. The van der Waals surface area contributed by atoms with Crippen LogP contribution in [0.15, 0.2) is 11.5 Å². The van der Waals surface area contributed by atoms with E-state index in [2.05, 4.69) is 9.72 Å². The molecule has 0 aromatic carbocycles. The summed E-state index contributed by atoms with van der Waals surface area (Å²) in [6.45, 7) is 1.94. The molecule has 1 rings (SSSR count). The highest BCUT2D eigenvalue weighted by atomic mass is 79.9. The van der Waals surface area contributed by atoms with Gasteiger partial charge in [-0.3, -0.25) is 0 Å². The van der Waals surface area contributed by atoms with Gasteiger partial charge in [-0.1, -0.05) is 13.0 Å². The number of carbonyl (C=O) groups excluding carboxylic acids is 1. The second kappa shape index (κ2) is 6.58. The van der Waals surface area contributed by atoms with E-state index in [0.717, 1.165) is 6.42 Å². The summed E-state index contributed by atoms with van der Waals surface area (Å²) < 4.78 is 4.65. The Bertz CT molecular complexity index is 363. The van der Waals surface area contributed by atoms with Crippen molar-refractivity contribution in [3.8, 4) is 0 Å². The van der Waals surface area contributed by atoms with Gasteiger partial charge in [0.15, 0.2) is 5.13 Å². The van der Waals surface area contributed by atoms with Gasteiger partial charge in [0.1, 0.15) is 0 Å². The van der Waals surface area contributed by atoms with Gasteiger partial charge in [-0.2, -0.15) is 0 Å². The van der Waals surface area contributed by atoms with Crippen molar-refractivity contribution in [2.24, 2.45) is 0 Å². The van der Waals surface area contributed by atoms with Crippen LogP contribution >= 0.6 is 28.3 Å². The first-order valence-electron chi connectivity index (χ1n) is 4.18. The second-order valence-corrected chi connectivity index (χ2v) is 3.48. The summed E-state index contributed by atoms with van der Waals surface area (Å²) in [5, 5.41) is 2.19. The van der Waals surface area contributed by atoms with Crippen molar-refractivity contribution < 1.29 is 9.53 Å². The number of nitrogen functional groups attached to an aromatic ring is 1. The van der Waals surface area contributed by atoms with Crippen LogP contribution in [-0.4, -0.2) is 18.1 Å². The number of hydrogen-bond acceptors (Lipinski definition) is 5. The fourth-order valence-electron chi connectivity index (χ4n) is 1.02. The van der Waals surface area contributed by atoms with E-state index < -0.39 is 0 Å². The van der Waals surface area contributed by atoms with Gasteiger partial charge in [-0.05, 0) is 6.42 Å². The monoisotopic (exact) mass is 292 g/mol. The summed E-state index contributed by atoms with van der Waals surface area (Å²) in [5.74, 6) is -0.378. The Kier molecular flexibility index (Phi) is 6.19. The van der Waals surface area contributed by atoms with Gasteiger partial charge in [0.25, 0.3) is 0 Å². The quantitative estimate of drug-likeness (QED) is 0.686. The molecule has 0 aliphatic rings. The number of ether oxygens (including phenoxy) is 1. The second-order valence-electron chi connectivity index (χ2n) is 2.59. The van der Waals surface area contributed by atoms with Crippen molar-refractivity contribution in [2.75, 3.05) is 12.8 Å². The molecule has 2 N–H and O–H groups in total. The van der Waals surface area contributed by atoms with Gasteiger partial charge >= 0.3 is 5.97 Å². The minimum absolute atomic E-state index is 0. The average molecular weight is 293 g/mol. The Balaban J connectivity index is 0.00000196. The van der Waals surface area contributed by atoms with Crippen LogP contribution in [0.3, 0.4) is 0 Å². The highest BCUT2D eigenvalue weighted by molar-refractivity contribution is 8.93. The molecule has 0 amide bonds. The number of nitrogens with two attached hydrogens (primary N) is 1. The lowest BCUT2D eigenvalue weighted by atomic mass is 10.2. The molecule has 0 atom stereocenters. The molecular formula is C9H13BrN2O2S. The maximum atomic E-state index is 11.3. The standard InChI is InChI=1S/C9H12N2O2S.BrH/c1-3-4-6(8(12)13-2)7-5-14-9(10)11-7;/h4-5H,3H2,1-2H3,(H2,10,11);1H/b6-4+;. The lowest BCUT2D eigenvalue weighted by Crippen LogP contribution is -2.04. The van der Waals surface area contributed by atoms with Crippen molar-refractivity contribution in [3.05, 3.63) is 17.2 Å². The summed E-state index contributed by atoms with van der Waals surface area (Å²) in [7, 11) is 1.35. The number of nitrogens with zero attached hydrogens (tertiary/aromatic N) is 1. The Morgan fingerprint density at radius 2 is 2.40 bits per heavy atom. The average Bonchev–Trinajstić information content (AvgIpc) is 2.60. The zero-order valence-corrected chi connectivity index (χ0v) is 11.0. The molecule has 0 aliphatic carbocycles. The van der Waals surface area contributed by atoms with Gasteiger partial charge < -0.3 is 10.5 Å². The first-order valence-corrected chi connectivity index (χ1v) is 5.06. The van der Waals surface area contributed by atoms with E-state index in [-0.39, 0.29) is 23.0 Å². The zero-order valence-electron chi connectivity index (χ0n) is 8.52. The fraction of sp³-hybridized carbons (Fsp3) is 0.333. The highest BCUT2D eigenvalue weighted by Gasteiger charge is 2.14. The third-order valence-electron chi connectivity index (χ3n) is 1.61. The first kappa shape index (κ1) is 14.1. The maximum absolute atomic E-state index is 11.3. The van der Waals surface area contributed by atoms with Crippen LogP contribution in [0.4, 0.5) is 5.13 Å². The van der Waals surface area contributed by atoms with Crippen LogP contribution in [-0.2, 0) is 9.53 Å². The van der Waals surface area contributed by atoms with Crippen molar-refractivity contribution in [3.63, 3.8) is 0 Å². The lowest BCUT2D eigenvalue weighted by molar-refractivity contribution is -0.133.